The molecule has 1 heterocycles. The van der Waals surface area contributed by atoms with Crippen molar-refractivity contribution in [3.05, 3.63) is 0 Å². The van der Waals surface area contributed by atoms with Crippen LogP contribution in [0.1, 0.15) is 19.3 Å². The molecule has 0 aliphatic carbocycles. The highest BCUT2D eigenvalue weighted by molar-refractivity contribution is 5.75. The van der Waals surface area contributed by atoms with Crippen LogP contribution in [0.15, 0.2) is 4.99 Å². The quantitative estimate of drug-likeness (QED) is 0.154. The molecular formula is C11H23N5O5. The maximum absolute atomic E-state index is 10.2. The van der Waals surface area contributed by atoms with Crippen molar-refractivity contribution in [2.75, 3.05) is 13.1 Å². The van der Waals surface area contributed by atoms with E-state index in [-0.39, 0.29) is 5.96 Å². The van der Waals surface area contributed by atoms with Crippen LogP contribution in [0.4, 0.5) is 0 Å². The van der Waals surface area contributed by atoms with Crippen LogP contribution in [0.25, 0.3) is 0 Å². The Balaban J connectivity index is 0.000000394. The lowest BCUT2D eigenvalue weighted by Crippen LogP contribution is -2.30. The van der Waals surface area contributed by atoms with Crippen LogP contribution >= 0.6 is 0 Å². The summed E-state index contributed by atoms with van der Waals surface area (Å²) in [6, 6.07) is -1.36. The van der Waals surface area contributed by atoms with Crippen LogP contribution in [-0.2, 0) is 9.59 Å². The minimum Gasteiger partial charge on any atom is -0.480 e. The molecule has 0 saturated carbocycles. The summed E-state index contributed by atoms with van der Waals surface area (Å²) in [7, 11) is 0. The van der Waals surface area contributed by atoms with E-state index < -0.39 is 30.1 Å². The maximum Gasteiger partial charge on any atom is 0.320 e. The van der Waals surface area contributed by atoms with Gasteiger partial charge in [-0.15, -0.1) is 0 Å². The zero-order valence-electron chi connectivity index (χ0n) is 11.6. The number of aliphatic hydroxyl groups is 1. The van der Waals surface area contributed by atoms with E-state index in [0.717, 1.165) is 0 Å². The molecule has 0 aromatic rings. The molecule has 3 atom stereocenters. The van der Waals surface area contributed by atoms with Gasteiger partial charge in [0.1, 0.15) is 12.1 Å². The van der Waals surface area contributed by atoms with Gasteiger partial charge in [0.15, 0.2) is 5.96 Å². The number of nitrogens with one attached hydrogen (secondary N) is 1. The molecule has 10 heteroatoms. The van der Waals surface area contributed by atoms with Crippen LogP contribution in [-0.4, -0.2) is 64.5 Å². The first kappa shape index (κ1) is 19.1. The second-order valence-corrected chi connectivity index (χ2v) is 4.58. The molecule has 0 aromatic heterocycles. The number of aliphatic carboxylic acids is 2. The molecule has 0 unspecified atom stereocenters. The second kappa shape index (κ2) is 9.91. The standard InChI is InChI=1S/C6H14N4O2.C5H9NO3/c7-4(5(11)12)2-1-3-10-6(8)9;7-3-1-4(5(8)9)6-2-3/h4H,1-3,7H2,(H,11,12)(H4,8,9,10);3-4,6-7H,1-2H2,(H,8,9)/t4-;3-,4+/m01/s1. The van der Waals surface area contributed by atoms with Crippen molar-refractivity contribution in [1.82, 2.24) is 5.32 Å². The molecule has 1 saturated heterocycles. The lowest BCUT2D eigenvalue weighted by molar-refractivity contribution is -0.139. The first-order valence-electron chi connectivity index (χ1n) is 6.42. The van der Waals surface area contributed by atoms with Crippen LogP contribution in [0, 0.1) is 0 Å². The fourth-order valence-electron chi connectivity index (χ4n) is 1.55. The molecular weight excluding hydrogens is 282 g/mol. The monoisotopic (exact) mass is 305 g/mol. The summed E-state index contributed by atoms with van der Waals surface area (Å²) in [6.07, 6.45) is 0.804. The van der Waals surface area contributed by atoms with Crippen molar-refractivity contribution < 1.29 is 24.9 Å². The predicted octanol–water partition coefficient (Wildman–Crippen LogP) is -2.75. The smallest absolute Gasteiger partial charge is 0.320 e. The van der Waals surface area contributed by atoms with Crippen molar-refractivity contribution in [2.45, 2.75) is 37.5 Å². The summed E-state index contributed by atoms with van der Waals surface area (Å²) < 4.78 is 0. The van der Waals surface area contributed by atoms with E-state index in [1.807, 2.05) is 0 Å². The van der Waals surface area contributed by atoms with Gasteiger partial charge < -0.3 is 37.8 Å². The third-order valence-electron chi connectivity index (χ3n) is 2.69. The number of hydrogen-bond acceptors (Lipinski definition) is 6. The number of hydrogen-bond donors (Lipinski definition) is 7. The number of guanidine groups is 1. The molecule has 1 aliphatic heterocycles. The summed E-state index contributed by atoms with van der Waals surface area (Å²) in [5, 5.41) is 28.2. The number of β-amino-alcohol motifs (C(OH)–C–C–N with tert-alkyl or cyclic N) is 1. The fraction of sp³-hybridized carbons (Fsp3) is 0.727. The van der Waals surface area contributed by atoms with E-state index in [1.54, 1.807) is 0 Å². The first-order valence-corrected chi connectivity index (χ1v) is 6.42. The Morgan fingerprint density at radius 1 is 1.33 bits per heavy atom. The molecule has 122 valence electrons. The highest BCUT2D eigenvalue weighted by Gasteiger charge is 2.27. The van der Waals surface area contributed by atoms with E-state index >= 15 is 0 Å². The van der Waals surface area contributed by atoms with E-state index in [9.17, 15) is 9.59 Å². The van der Waals surface area contributed by atoms with Gasteiger partial charge in [0.05, 0.1) is 6.10 Å². The third kappa shape index (κ3) is 9.60. The van der Waals surface area contributed by atoms with Crippen LogP contribution in [0.5, 0.6) is 0 Å². The molecule has 0 radical (unpaired) electrons. The van der Waals surface area contributed by atoms with Crippen molar-refractivity contribution in [3.63, 3.8) is 0 Å². The molecule has 0 bridgehead atoms. The molecule has 10 nitrogen and oxygen atoms in total. The minimum atomic E-state index is -1.00. The Morgan fingerprint density at radius 2 is 1.95 bits per heavy atom. The van der Waals surface area contributed by atoms with Crippen molar-refractivity contribution in [1.29, 1.82) is 0 Å². The summed E-state index contributed by atoms with van der Waals surface area (Å²) in [4.78, 5) is 24.1. The number of nitrogens with two attached hydrogens (primary N) is 3. The summed E-state index contributed by atoms with van der Waals surface area (Å²) in [5.74, 6) is -1.87. The largest absolute Gasteiger partial charge is 0.480 e. The Kier molecular flexibility index (Phi) is 9.01. The van der Waals surface area contributed by atoms with Gasteiger partial charge in [0.2, 0.25) is 0 Å². The van der Waals surface area contributed by atoms with Crippen molar-refractivity contribution >= 4 is 17.9 Å². The second-order valence-electron chi connectivity index (χ2n) is 4.58. The van der Waals surface area contributed by atoms with E-state index in [4.69, 9.17) is 32.5 Å². The van der Waals surface area contributed by atoms with Crippen LogP contribution in [0.2, 0.25) is 0 Å². The number of carbonyl (C=O) groups is 2. The predicted molar refractivity (Wildman–Crippen MR) is 75.6 cm³/mol. The highest BCUT2D eigenvalue weighted by atomic mass is 16.4. The first-order chi connectivity index (χ1) is 9.73. The Morgan fingerprint density at radius 3 is 2.29 bits per heavy atom. The number of nitrogens with zero attached hydrogens (tertiary/aromatic N) is 1. The Hall–Kier alpha value is -1.91. The molecule has 10 N–H and O–H groups in total. The molecule has 0 amide bonds. The SMILES string of the molecule is NC(N)=NCCC[C@H](N)C(=O)O.O=C(O)[C@@H]1C[C@@H](O)CN1. The maximum atomic E-state index is 10.2. The van der Waals surface area contributed by atoms with Gasteiger partial charge in [0.25, 0.3) is 0 Å². The minimum absolute atomic E-state index is 0.0129. The normalized spacial score (nSPS) is 21.8. The number of aliphatic imine (C=N–C) groups is 1. The summed E-state index contributed by atoms with van der Waals surface area (Å²) >= 11 is 0. The molecule has 0 aromatic carbocycles. The Labute approximate surface area is 122 Å². The summed E-state index contributed by atoms with van der Waals surface area (Å²) in [5.41, 5.74) is 15.3. The van der Waals surface area contributed by atoms with Crippen molar-refractivity contribution in [3.8, 4) is 0 Å². The van der Waals surface area contributed by atoms with Gasteiger partial charge in [-0.3, -0.25) is 14.6 Å². The zero-order chi connectivity index (χ0) is 16.4. The Bertz CT molecular complexity index is 372. The van der Waals surface area contributed by atoms with Crippen molar-refractivity contribution in [2.24, 2.45) is 22.2 Å². The molecule has 21 heavy (non-hydrogen) atoms. The van der Waals surface area contributed by atoms with E-state index in [1.165, 1.54) is 0 Å². The molecule has 0 spiro atoms. The average molecular weight is 305 g/mol. The lowest BCUT2D eigenvalue weighted by Gasteiger charge is -2.03. The van der Waals surface area contributed by atoms with Gasteiger partial charge in [0, 0.05) is 19.5 Å². The average Bonchev–Trinajstić information content (AvgIpc) is 2.81. The van der Waals surface area contributed by atoms with E-state index in [2.05, 4.69) is 10.3 Å². The molecule has 1 rings (SSSR count). The van der Waals surface area contributed by atoms with Gasteiger partial charge in [-0.05, 0) is 12.8 Å². The zero-order valence-corrected chi connectivity index (χ0v) is 11.6. The summed E-state index contributed by atoms with van der Waals surface area (Å²) in [6.45, 7) is 0.820. The number of carboxylic acids is 2. The van der Waals surface area contributed by atoms with Crippen LogP contribution < -0.4 is 22.5 Å². The lowest BCUT2D eigenvalue weighted by atomic mass is 10.2. The number of carboxylic acid groups (broad SMARTS) is 2. The van der Waals surface area contributed by atoms with Gasteiger partial charge in [-0.25, -0.2) is 0 Å². The van der Waals surface area contributed by atoms with E-state index in [0.29, 0.717) is 32.4 Å². The molecule has 1 fully saturated rings. The number of rotatable bonds is 6. The van der Waals surface area contributed by atoms with Crippen LogP contribution in [0.3, 0.4) is 0 Å². The number of aliphatic hydroxyl groups excluding tert-OH is 1. The van der Waals surface area contributed by atoms with Gasteiger partial charge in [-0.1, -0.05) is 0 Å². The topological polar surface area (TPSA) is 197 Å². The third-order valence-corrected chi connectivity index (χ3v) is 2.69. The van der Waals surface area contributed by atoms with Gasteiger partial charge in [-0.2, -0.15) is 0 Å². The highest BCUT2D eigenvalue weighted by Crippen LogP contribution is 2.05. The molecule has 1 aliphatic rings. The fourth-order valence-corrected chi connectivity index (χ4v) is 1.55. The van der Waals surface area contributed by atoms with Gasteiger partial charge >= 0.3 is 11.9 Å².